The van der Waals surface area contributed by atoms with Crippen molar-refractivity contribution in [3.8, 4) is 11.6 Å². The predicted octanol–water partition coefficient (Wildman–Crippen LogP) is 4.07. The van der Waals surface area contributed by atoms with E-state index in [1.165, 1.54) is 3.57 Å². The number of fused-ring (bicyclic) bond motifs is 1. The largest absolute Gasteiger partial charge is 0.438 e. The second-order valence-corrected chi connectivity index (χ2v) is 5.42. The van der Waals surface area contributed by atoms with E-state index in [1.807, 2.05) is 48.5 Å². The Bertz CT molecular complexity index is 744. The average molecular weight is 377 g/mol. The van der Waals surface area contributed by atoms with Crippen LogP contribution >= 0.6 is 22.6 Å². The number of ether oxygens (including phenoxy) is 1. The van der Waals surface area contributed by atoms with Crippen molar-refractivity contribution in [1.82, 2.24) is 9.97 Å². The van der Waals surface area contributed by atoms with E-state index in [1.54, 1.807) is 7.05 Å². The molecule has 20 heavy (non-hydrogen) atoms. The number of anilines is 1. The first-order chi connectivity index (χ1) is 9.76. The molecule has 0 fully saturated rings. The molecule has 100 valence electrons. The minimum Gasteiger partial charge on any atom is -0.438 e. The fourth-order valence-corrected chi connectivity index (χ4v) is 2.21. The minimum atomic E-state index is 0.546. The van der Waals surface area contributed by atoms with Crippen molar-refractivity contribution >= 4 is 39.4 Å². The summed E-state index contributed by atoms with van der Waals surface area (Å²) in [5, 5.41) is 3.84. The van der Waals surface area contributed by atoms with Crippen LogP contribution in [0.5, 0.6) is 11.6 Å². The van der Waals surface area contributed by atoms with Gasteiger partial charge in [0, 0.05) is 10.6 Å². The molecule has 0 unspecified atom stereocenters. The van der Waals surface area contributed by atoms with E-state index in [4.69, 9.17) is 4.74 Å². The molecule has 1 aromatic heterocycles. The Morgan fingerprint density at radius 2 is 1.75 bits per heavy atom. The van der Waals surface area contributed by atoms with Gasteiger partial charge in [0.15, 0.2) is 0 Å². The highest BCUT2D eigenvalue weighted by Gasteiger charge is 2.08. The van der Waals surface area contributed by atoms with Crippen molar-refractivity contribution in [1.29, 1.82) is 0 Å². The molecule has 0 radical (unpaired) electrons. The summed E-state index contributed by atoms with van der Waals surface area (Å²) in [5.74, 6) is 1.86. The maximum Gasteiger partial charge on any atom is 0.231 e. The summed E-state index contributed by atoms with van der Waals surface area (Å²) in [6.45, 7) is 0. The van der Waals surface area contributed by atoms with Crippen LogP contribution in [-0.2, 0) is 0 Å². The first-order valence-electron chi connectivity index (χ1n) is 6.14. The summed E-state index contributed by atoms with van der Waals surface area (Å²) in [6.07, 6.45) is 0. The number of hydrogen-bond acceptors (Lipinski definition) is 4. The second kappa shape index (κ2) is 5.62. The Kier molecular flexibility index (Phi) is 3.68. The van der Waals surface area contributed by atoms with Gasteiger partial charge in [-0.05, 0) is 59.0 Å². The van der Waals surface area contributed by atoms with Gasteiger partial charge in [-0.25, -0.2) is 4.98 Å². The van der Waals surface area contributed by atoms with E-state index < -0.39 is 0 Å². The Hall–Kier alpha value is -1.89. The number of para-hydroxylation sites is 1. The van der Waals surface area contributed by atoms with Crippen LogP contribution in [0, 0.1) is 3.57 Å². The van der Waals surface area contributed by atoms with Crippen molar-refractivity contribution < 1.29 is 4.74 Å². The zero-order chi connectivity index (χ0) is 13.9. The lowest BCUT2D eigenvalue weighted by atomic mass is 10.2. The van der Waals surface area contributed by atoms with Crippen LogP contribution < -0.4 is 10.1 Å². The van der Waals surface area contributed by atoms with Crippen LogP contribution in [-0.4, -0.2) is 17.0 Å². The SMILES string of the molecule is CNc1nc(Oc2ccc(I)cc2)c2ccccc2n1. The molecule has 1 heterocycles. The van der Waals surface area contributed by atoms with Gasteiger partial charge < -0.3 is 10.1 Å². The fraction of sp³-hybridized carbons (Fsp3) is 0.0667. The van der Waals surface area contributed by atoms with E-state index in [2.05, 4.69) is 37.9 Å². The molecule has 0 atom stereocenters. The molecule has 0 saturated carbocycles. The van der Waals surface area contributed by atoms with Gasteiger partial charge in [0.25, 0.3) is 0 Å². The van der Waals surface area contributed by atoms with E-state index in [9.17, 15) is 0 Å². The summed E-state index contributed by atoms with van der Waals surface area (Å²) in [6, 6.07) is 15.6. The van der Waals surface area contributed by atoms with Gasteiger partial charge in [-0.1, -0.05) is 12.1 Å². The summed E-state index contributed by atoms with van der Waals surface area (Å²) in [5.41, 5.74) is 0.854. The van der Waals surface area contributed by atoms with Crippen LogP contribution in [0.2, 0.25) is 0 Å². The van der Waals surface area contributed by atoms with Crippen molar-refractivity contribution in [2.24, 2.45) is 0 Å². The number of halogens is 1. The van der Waals surface area contributed by atoms with E-state index in [0.29, 0.717) is 11.8 Å². The van der Waals surface area contributed by atoms with Crippen LogP contribution in [0.4, 0.5) is 5.95 Å². The third kappa shape index (κ3) is 2.67. The quantitative estimate of drug-likeness (QED) is 0.700. The van der Waals surface area contributed by atoms with Crippen LogP contribution in [0.15, 0.2) is 48.5 Å². The summed E-state index contributed by atoms with van der Waals surface area (Å²) >= 11 is 2.26. The molecule has 3 aromatic rings. The maximum absolute atomic E-state index is 5.89. The molecule has 0 amide bonds. The van der Waals surface area contributed by atoms with Gasteiger partial charge in [0.2, 0.25) is 11.8 Å². The van der Waals surface area contributed by atoms with E-state index >= 15 is 0 Å². The molecular weight excluding hydrogens is 365 g/mol. The highest BCUT2D eigenvalue weighted by Crippen LogP contribution is 2.28. The number of aromatic nitrogens is 2. The molecule has 5 heteroatoms. The van der Waals surface area contributed by atoms with Crippen LogP contribution in [0.3, 0.4) is 0 Å². The molecule has 3 rings (SSSR count). The molecule has 2 aromatic carbocycles. The number of hydrogen-bond donors (Lipinski definition) is 1. The molecule has 4 nitrogen and oxygen atoms in total. The summed E-state index contributed by atoms with van der Waals surface area (Å²) < 4.78 is 7.06. The van der Waals surface area contributed by atoms with Crippen molar-refractivity contribution in [3.05, 3.63) is 52.1 Å². The molecular formula is C15H12IN3O. The zero-order valence-electron chi connectivity index (χ0n) is 10.8. The third-order valence-corrected chi connectivity index (χ3v) is 3.54. The molecule has 0 aliphatic rings. The number of nitrogens with one attached hydrogen (secondary N) is 1. The van der Waals surface area contributed by atoms with Crippen LogP contribution in [0.1, 0.15) is 0 Å². The zero-order valence-corrected chi connectivity index (χ0v) is 13.0. The first kappa shape index (κ1) is 13.1. The molecule has 0 spiro atoms. The van der Waals surface area contributed by atoms with E-state index in [0.717, 1.165) is 16.7 Å². The van der Waals surface area contributed by atoms with Gasteiger partial charge in [0.05, 0.1) is 10.9 Å². The first-order valence-corrected chi connectivity index (χ1v) is 7.22. The Morgan fingerprint density at radius 3 is 2.50 bits per heavy atom. The third-order valence-electron chi connectivity index (χ3n) is 2.82. The topological polar surface area (TPSA) is 47.0 Å². The lowest BCUT2D eigenvalue weighted by molar-refractivity contribution is 0.469. The smallest absolute Gasteiger partial charge is 0.231 e. The van der Waals surface area contributed by atoms with Gasteiger partial charge in [-0.15, -0.1) is 0 Å². The monoisotopic (exact) mass is 377 g/mol. The standard InChI is InChI=1S/C15H12IN3O/c1-17-15-18-13-5-3-2-4-12(13)14(19-15)20-11-8-6-10(16)7-9-11/h2-9H,1H3,(H,17,18,19). The van der Waals surface area contributed by atoms with Gasteiger partial charge in [0.1, 0.15) is 5.75 Å². The molecule has 0 saturated heterocycles. The molecule has 0 bridgehead atoms. The van der Waals surface area contributed by atoms with Gasteiger partial charge in [-0.2, -0.15) is 4.98 Å². The van der Waals surface area contributed by atoms with E-state index in [-0.39, 0.29) is 0 Å². The summed E-state index contributed by atoms with van der Waals surface area (Å²) in [4.78, 5) is 8.80. The molecule has 0 aliphatic heterocycles. The van der Waals surface area contributed by atoms with Crippen LogP contribution in [0.25, 0.3) is 10.9 Å². The molecule has 0 aliphatic carbocycles. The Labute approximate surface area is 130 Å². The fourth-order valence-electron chi connectivity index (χ4n) is 1.85. The molecule has 1 N–H and O–H groups in total. The van der Waals surface area contributed by atoms with Gasteiger partial charge >= 0.3 is 0 Å². The second-order valence-electron chi connectivity index (χ2n) is 4.18. The number of nitrogens with zero attached hydrogens (tertiary/aromatic N) is 2. The number of benzene rings is 2. The Morgan fingerprint density at radius 1 is 1.00 bits per heavy atom. The number of rotatable bonds is 3. The highest BCUT2D eigenvalue weighted by molar-refractivity contribution is 14.1. The van der Waals surface area contributed by atoms with Crippen molar-refractivity contribution in [3.63, 3.8) is 0 Å². The van der Waals surface area contributed by atoms with Crippen molar-refractivity contribution in [2.45, 2.75) is 0 Å². The lowest BCUT2D eigenvalue weighted by Crippen LogP contribution is -1.99. The van der Waals surface area contributed by atoms with Gasteiger partial charge in [-0.3, -0.25) is 0 Å². The lowest BCUT2D eigenvalue weighted by Gasteiger charge is -2.09. The summed E-state index contributed by atoms with van der Waals surface area (Å²) in [7, 11) is 1.79. The normalized spacial score (nSPS) is 10.5. The average Bonchev–Trinajstić information content (AvgIpc) is 2.49. The minimum absolute atomic E-state index is 0.546. The highest BCUT2D eigenvalue weighted by atomic mass is 127. The predicted molar refractivity (Wildman–Crippen MR) is 88.3 cm³/mol. The van der Waals surface area contributed by atoms with Crippen molar-refractivity contribution in [2.75, 3.05) is 12.4 Å². The Balaban J connectivity index is 2.07. The maximum atomic E-state index is 5.89.